The van der Waals surface area contributed by atoms with Crippen LogP contribution in [0.2, 0.25) is 0 Å². The Morgan fingerprint density at radius 2 is 1.84 bits per heavy atom. The Kier molecular flexibility index (Phi) is 4.02. The van der Waals surface area contributed by atoms with Gasteiger partial charge in [0.05, 0.1) is 0 Å². The lowest BCUT2D eigenvalue weighted by Gasteiger charge is -2.41. The highest BCUT2D eigenvalue weighted by molar-refractivity contribution is 6.07. The van der Waals surface area contributed by atoms with E-state index in [0.29, 0.717) is 24.7 Å². The average molecular weight is 267 g/mol. The Bertz CT molecular complexity index is 367. The second kappa shape index (κ2) is 5.39. The summed E-state index contributed by atoms with van der Waals surface area (Å²) in [6.45, 7) is 4.47. The van der Waals surface area contributed by atoms with Gasteiger partial charge < -0.3 is 16.3 Å². The Hall–Kier alpha value is -1.26. The molecule has 0 aromatic carbocycles. The highest BCUT2D eigenvalue weighted by Gasteiger charge is 2.49. The molecule has 0 aliphatic heterocycles. The number of oxime groups is 1. The van der Waals surface area contributed by atoms with E-state index in [1.54, 1.807) is 0 Å². The summed E-state index contributed by atoms with van der Waals surface area (Å²) in [4.78, 5) is 12.4. The average Bonchev–Trinajstić information content (AvgIpc) is 2.25. The van der Waals surface area contributed by atoms with E-state index in [0.717, 1.165) is 19.3 Å². The van der Waals surface area contributed by atoms with Gasteiger partial charge in [-0.3, -0.25) is 4.79 Å². The van der Waals surface area contributed by atoms with Gasteiger partial charge in [0, 0.05) is 6.04 Å². The molecule has 2 fully saturated rings. The molecule has 0 saturated heterocycles. The monoisotopic (exact) mass is 267 g/mol. The molecule has 5 nitrogen and oxygen atoms in total. The van der Waals surface area contributed by atoms with Crippen molar-refractivity contribution >= 4 is 11.7 Å². The summed E-state index contributed by atoms with van der Waals surface area (Å²) >= 11 is 0. The fourth-order valence-electron chi connectivity index (χ4n) is 3.61. The lowest BCUT2D eigenvalue weighted by atomic mass is 9.66. The van der Waals surface area contributed by atoms with Crippen LogP contribution in [-0.2, 0) is 4.79 Å². The number of nitrogens with one attached hydrogen (secondary N) is 1. The van der Waals surface area contributed by atoms with Crippen LogP contribution in [0.25, 0.3) is 0 Å². The number of rotatable bonds is 3. The third kappa shape index (κ3) is 2.69. The maximum absolute atomic E-state index is 12.4. The van der Waals surface area contributed by atoms with E-state index < -0.39 is 5.41 Å². The second-order valence-corrected chi connectivity index (χ2v) is 6.51. The second-order valence-electron chi connectivity index (χ2n) is 6.51. The third-order valence-corrected chi connectivity index (χ3v) is 4.75. The van der Waals surface area contributed by atoms with Gasteiger partial charge in [0.1, 0.15) is 5.41 Å². The van der Waals surface area contributed by atoms with Gasteiger partial charge in [-0.2, -0.15) is 0 Å². The predicted octanol–water partition coefficient (Wildman–Crippen LogP) is 1.84. The summed E-state index contributed by atoms with van der Waals surface area (Å²) in [6, 6.07) is 0.232. The lowest BCUT2D eigenvalue weighted by Crippen LogP contribution is -2.56. The zero-order valence-electron chi connectivity index (χ0n) is 11.9. The summed E-state index contributed by atoms with van der Waals surface area (Å²) < 4.78 is 0. The molecule has 0 aromatic heterocycles. The first kappa shape index (κ1) is 14.2. The number of amides is 1. The zero-order valence-corrected chi connectivity index (χ0v) is 11.9. The fourth-order valence-corrected chi connectivity index (χ4v) is 3.61. The van der Waals surface area contributed by atoms with Crippen LogP contribution in [0.4, 0.5) is 0 Å². The summed E-state index contributed by atoms with van der Waals surface area (Å²) in [5, 5.41) is 15.0. The van der Waals surface area contributed by atoms with Crippen LogP contribution >= 0.6 is 0 Å². The SMILES string of the molecule is CC1CC(C)CC(NC(=O)C2(C(N)=NO)CCC2)C1. The first-order valence-electron chi connectivity index (χ1n) is 7.27. The molecule has 0 bridgehead atoms. The van der Waals surface area contributed by atoms with Crippen molar-refractivity contribution < 1.29 is 10.0 Å². The molecule has 0 aromatic rings. The Morgan fingerprint density at radius 1 is 1.26 bits per heavy atom. The van der Waals surface area contributed by atoms with E-state index in [-0.39, 0.29) is 17.8 Å². The van der Waals surface area contributed by atoms with Gasteiger partial charge in [-0.05, 0) is 43.9 Å². The van der Waals surface area contributed by atoms with Gasteiger partial charge in [-0.25, -0.2) is 0 Å². The van der Waals surface area contributed by atoms with Gasteiger partial charge in [0.25, 0.3) is 0 Å². The molecule has 2 aliphatic rings. The standard InChI is InChI=1S/C14H25N3O2/c1-9-6-10(2)8-11(7-9)16-13(18)14(4-3-5-14)12(15)17-19/h9-11,19H,3-8H2,1-2H3,(H2,15,17)(H,16,18). The normalized spacial score (nSPS) is 34.4. The molecule has 0 spiro atoms. The molecule has 2 unspecified atom stereocenters. The minimum absolute atomic E-state index is 0.0552. The predicted molar refractivity (Wildman–Crippen MR) is 73.8 cm³/mol. The number of hydrogen-bond donors (Lipinski definition) is 3. The Balaban J connectivity index is 2.00. The molecule has 0 heterocycles. The van der Waals surface area contributed by atoms with E-state index >= 15 is 0 Å². The summed E-state index contributed by atoms with van der Waals surface area (Å²) in [5.74, 6) is 1.30. The minimum Gasteiger partial charge on any atom is -0.409 e. The highest BCUT2D eigenvalue weighted by atomic mass is 16.4. The number of amidine groups is 1. The van der Waals surface area contributed by atoms with Crippen LogP contribution in [0.5, 0.6) is 0 Å². The van der Waals surface area contributed by atoms with Crippen LogP contribution in [-0.4, -0.2) is 23.0 Å². The van der Waals surface area contributed by atoms with Crippen LogP contribution in [0.15, 0.2) is 5.16 Å². The topological polar surface area (TPSA) is 87.7 Å². The molecule has 0 radical (unpaired) electrons. The number of hydrogen-bond acceptors (Lipinski definition) is 3. The number of carbonyl (C=O) groups excluding carboxylic acids is 1. The number of nitrogens with zero attached hydrogens (tertiary/aromatic N) is 1. The van der Waals surface area contributed by atoms with E-state index in [1.807, 2.05) is 0 Å². The minimum atomic E-state index is -0.751. The number of nitrogens with two attached hydrogens (primary N) is 1. The van der Waals surface area contributed by atoms with Gasteiger partial charge in [0.2, 0.25) is 5.91 Å². The molecule has 1 amide bonds. The molecule has 4 N–H and O–H groups in total. The first-order valence-corrected chi connectivity index (χ1v) is 7.27. The quantitative estimate of drug-likeness (QED) is 0.315. The smallest absolute Gasteiger partial charge is 0.234 e. The largest absolute Gasteiger partial charge is 0.409 e. The molecule has 19 heavy (non-hydrogen) atoms. The van der Waals surface area contributed by atoms with Crippen molar-refractivity contribution in [3.63, 3.8) is 0 Å². The lowest BCUT2D eigenvalue weighted by molar-refractivity contribution is -0.132. The van der Waals surface area contributed by atoms with E-state index in [1.165, 1.54) is 6.42 Å². The van der Waals surface area contributed by atoms with Gasteiger partial charge in [-0.1, -0.05) is 25.4 Å². The Morgan fingerprint density at radius 3 is 2.26 bits per heavy atom. The molecule has 2 aliphatic carbocycles. The van der Waals surface area contributed by atoms with Crippen molar-refractivity contribution in [1.29, 1.82) is 0 Å². The van der Waals surface area contributed by atoms with Crippen LogP contribution in [0.1, 0.15) is 52.4 Å². The molecular formula is C14H25N3O2. The summed E-state index contributed by atoms with van der Waals surface area (Å²) in [5.41, 5.74) is 4.96. The van der Waals surface area contributed by atoms with Crippen molar-refractivity contribution in [3.05, 3.63) is 0 Å². The molecule has 2 rings (SSSR count). The van der Waals surface area contributed by atoms with Crippen LogP contribution < -0.4 is 11.1 Å². The Labute approximate surface area is 114 Å². The molecule has 5 heteroatoms. The number of carbonyl (C=O) groups is 1. The highest BCUT2D eigenvalue weighted by Crippen LogP contribution is 2.42. The molecule has 108 valence electrons. The van der Waals surface area contributed by atoms with Crippen LogP contribution in [0.3, 0.4) is 0 Å². The molecule has 2 saturated carbocycles. The third-order valence-electron chi connectivity index (χ3n) is 4.75. The van der Waals surface area contributed by atoms with Crippen molar-refractivity contribution in [2.45, 2.75) is 58.4 Å². The summed E-state index contributed by atoms with van der Waals surface area (Å²) in [7, 11) is 0. The van der Waals surface area contributed by atoms with E-state index in [2.05, 4.69) is 24.3 Å². The maximum atomic E-state index is 12.4. The first-order chi connectivity index (χ1) is 8.98. The van der Waals surface area contributed by atoms with Gasteiger partial charge in [0.15, 0.2) is 5.84 Å². The molecular weight excluding hydrogens is 242 g/mol. The zero-order chi connectivity index (χ0) is 14.0. The maximum Gasteiger partial charge on any atom is 0.234 e. The van der Waals surface area contributed by atoms with E-state index in [4.69, 9.17) is 10.9 Å². The van der Waals surface area contributed by atoms with Gasteiger partial charge >= 0.3 is 0 Å². The van der Waals surface area contributed by atoms with Crippen LogP contribution in [0, 0.1) is 17.3 Å². The van der Waals surface area contributed by atoms with E-state index in [9.17, 15) is 4.79 Å². The van der Waals surface area contributed by atoms with Gasteiger partial charge in [-0.15, -0.1) is 0 Å². The van der Waals surface area contributed by atoms with Crippen molar-refractivity contribution in [1.82, 2.24) is 5.32 Å². The van der Waals surface area contributed by atoms with Crippen molar-refractivity contribution in [2.24, 2.45) is 28.1 Å². The fraction of sp³-hybridized carbons (Fsp3) is 0.857. The van der Waals surface area contributed by atoms with Crippen molar-refractivity contribution in [2.75, 3.05) is 0 Å². The summed E-state index contributed by atoms with van der Waals surface area (Å²) in [6.07, 6.45) is 5.63. The van der Waals surface area contributed by atoms with Crippen molar-refractivity contribution in [3.8, 4) is 0 Å². The molecule has 2 atom stereocenters.